The molecule has 6 heteroatoms. The number of carbonyl (C=O) groups excluding carboxylic acids is 1. The van der Waals surface area contributed by atoms with Gasteiger partial charge < -0.3 is 9.64 Å². The zero-order valence-corrected chi connectivity index (χ0v) is 14.0. The second-order valence-electron chi connectivity index (χ2n) is 5.39. The Bertz CT molecular complexity index is 669. The maximum absolute atomic E-state index is 12.4. The molecule has 0 radical (unpaired) electrons. The summed E-state index contributed by atoms with van der Waals surface area (Å²) >= 11 is 5.92. The summed E-state index contributed by atoms with van der Waals surface area (Å²) in [5.41, 5.74) is 1.88. The van der Waals surface area contributed by atoms with E-state index in [0.29, 0.717) is 17.3 Å². The number of likely N-dealkylation sites (N-methyl/N-ethyl adjacent to an activating group) is 1. The van der Waals surface area contributed by atoms with Crippen LogP contribution in [-0.4, -0.2) is 33.7 Å². The molecule has 1 heterocycles. The highest BCUT2D eigenvalue weighted by atomic mass is 35.5. The van der Waals surface area contributed by atoms with E-state index >= 15 is 0 Å². The van der Waals surface area contributed by atoms with Crippen molar-refractivity contribution in [2.75, 3.05) is 7.05 Å². The molecule has 0 aliphatic rings. The Balaban J connectivity index is 1.98. The van der Waals surface area contributed by atoms with Gasteiger partial charge in [-0.3, -0.25) is 9.48 Å². The Hall–Kier alpha value is -2.01. The number of ether oxygens (including phenoxy) is 1. The molecule has 5 nitrogen and oxygen atoms in total. The lowest BCUT2D eigenvalue weighted by Gasteiger charge is -2.22. The minimum absolute atomic E-state index is 0.0850. The van der Waals surface area contributed by atoms with Gasteiger partial charge in [0.25, 0.3) is 5.91 Å². The van der Waals surface area contributed by atoms with Gasteiger partial charge in [0.05, 0.1) is 6.20 Å². The van der Waals surface area contributed by atoms with Crippen LogP contribution in [0.5, 0.6) is 5.75 Å². The van der Waals surface area contributed by atoms with Crippen LogP contribution in [0.1, 0.15) is 18.1 Å². The molecule has 1 amide bonds. The molecule has 0 saturated heterocycles. The largest absolute Gasteiger partial charge is 0.481 e. The van der Waals surface area contributed by atoms with Crippen molar-refractivity contribution in [3.63, 3.8) is 0 Å². The van der Waals surface area contributed by atoms with Gasteiger partial charge in [0.1, 0.15) is 5.75 Å². The molecule has 0 fully saturated rings. The predicted octanol–water partition coefficient (Wildman–Crippen LogP) is 2.81. The second-order valence-corrected chi connectivity index (χ2v) is 5.82. The van der Waals surface area contributed by atoms with Crippen LogP contribution in [0, 0.1) is 6.92 Å². The molecule has 1 unspecified atom stereocenters. The summed E-state index contributed by atoms with van der Waals surface area (Å²) in [6.07, 6.45) is 3.07. The van der Waals surface area contributed by atoms with Crippen molar-refractivity contribution >= 4 is 17.5 Å². The number of aromatic nitrogens is 2. The van der Waals surface area contributed by atoms with Crippen molar-refractivity contribution in [2.45, 2.75) is 26.5 Å². The molecular weight excluding hydrogens is 302 g/mol. The predicted molar refractivity (Wildman–Crippen MR) is 86.0 cm³/mol. The third-order valence-corrected chi connectivity index (χ3v) is 3.58. The van der Waals surface area contributed by atoms with E-state index in [1.54, 1.807) is 41.9 Å². The molecule has 1 atom stereocenters. The van der Waals surface area contributed by atoms with Crippen LogP contribution < -0.4 is 4.74 Å². The minimum atomic E-state index is -0.568. The van der Waals surface area contributed by atoms with Crippen LogP contribution in [0.25, 0.3) is 0 Å². The smallest absolute Gasteiger partial charge is 0.263 e. The molecular formula is C16H20ClN3O2. The zero-order valence-electron chi connectivity index (χ0n) is 13.2. The number of carbonyl (C=O) groups is 1. The Kier molecular flexibility index (Phi) is 5.08. The Morgan fingerprint density at radius 1 is 1.50 bits per heavy atom. The summed E-state index contributed by atoms with van der Waals surface area (Å²) in [6.45, 7) is 4.15. The topological polar surface area (TPSA) is 47.4 Å². The molecule has 1 aromatic carbocycles. The Morgan fingerprint density at radius 2 is 2.23 bits per heavy atom. The number of halogens is 1. The zero-order chi connectivity index (χ0) is 16.3. The number of benzene rings is 1. The summed E-state index contributed by atoms with van der Waals surface area (Å²) < 4.78 is 7.47. The van der Waals surface area contributed by atoms with Gasteiger partial charge in [0.15, 0.2) is 6.10 Å². The molecule has 2 rings (SSSR count). The van der Waals surface area contributed by atoms with Crippen molar-refractivity contribution in [3.05, 3.63) is 46.7 Å². The normalized spacial score (nSPS) is 12.0. The first kappa shape index (κ1) is 16.4. The van der Waals surface area contributed by atoms with Crippen LogP contribution in [0.4, 0.5) is 0 Å². The fourth-order valence-electron chi connectivity index (χ4n) is 2.20. The van der Waals surface area contributed by atoms with Gasteiger partial charge in [0.2, 0.25) is 0 Å². The number of amides is 1. The van der Waals surface area contributed by atoms with E-state index in [1.165, 1.54) is 0 Å². The average molecular weight is 322 g/mol. The van der Waals surface area contributed by atoms with Gasteiger partial charge in [-0.05, 0) is 37.6 Å². The van der Waals surface area contributed by atoms with Crippen LogP contribution >= 0.6 is 11.6 Å². The number of nitrogens with zero attached hydrogens (tertiary/aromatic N) is 3. The molecule has 0 N–H and O–H groups in total. The first-order valence-electron chi connectivity index (χ1n) is 7.02. The van der Waals surface area contributed by atoms with Crippen molar-refractivity contribution in [3.8, 4) is 5.75 Å². The fraction of sp³-hybridized carbons (Fsp3) is 0.375. The Morgan fingerprint density at radius 3 is 2.82 bits per heavy atom. The standard InChI is InChI=1S/C16H20ClN3O2/c1-11-7-14(17)5-6-15(11)22-12(2)16(21)19(3)9-13-8-18-20(4)10-13/h5-8,10,12H,9H2,1-4H3. The summed E-state index contributed by atoms with van der Waals surface area (Å²) in [5.74, 6) is 0.582. The van der Waals surface area contributed by atoms with Gasteiger partial charge in [-0.2, -0.15) is 5.10 Å². The summed E-state index contributed by atoms with van der Waals surface area (Å²) in [5, 5.41) is 4.75. The summed E-state index contributed by atoms with van der Waals surface area (Å²) in [4.78, 5) is 14.0. The van der Waals surface area contributed by atoms with Crippen molar-refractivity contribution < 1.29 is 9.53 Å². The molecule has 118 valence electrons. The SMILES string of the molecule is Cc1cc(Cl)ccc1OC(C)C(=O)N(C)Cc1cnn(C)c1. The van der Waals surface area contributed by atoms with Crippen molar-refractivity contribution in [1.82, 2.24) is 14.7 Å². The maximum atomic E-state index is 12.4. The maximum Gasteiger partial charge on any atom is 0.263 e. The van der Waals surface area contributed by atoms with E-state index in [-0.39, 0.29) is 5.91 Å². The highest BCUT2D eigenvalue weighted by molar-refractivity contribution is 6.30. The molecule has 0 bridgehead atoms. The van der Waals surface area contributed by atoms with Gasteiger partial charge in [0, 0.05) is 37.4 Å². The third kappa shape index (κ3) is 4.01. The Labute approximate surface area is 135 Å². The number of aryl methyl sites for hydroxylation is 2. The van der Waals surface area contributed by atoms with Crippen molar-refractivity contribution in [1.29, 1.82) is 0 Å². The first-order valence-corrected chi connectivity index (χ1v) is 7.40. The fourth-order valence-corrected chi connectivity index (χ4v) is 2.43. The summed E-state index contributed by atoms with van der Waals surface area (Å²) in [6, 6.07) is 5.34. The molecule has 22 heavy (non-hydrogen) atoms. The van der Waals surface area contributed by atoms with E-state index < -0.39 is 6.10 Å². The lowest BCUT2D eigenvalue weighted by Crippen LogP contribution is -2.37. The van der Waals surface area contributed by atoms with Gasteiger partial charge in [-0.25, -0.2) is 0 Å². The highest BCUT2D eigenvalue weighted by Crippen LogP contribution is 2.23. The number of rotatable bonds is 5. The van der Waals surface area contributed by atoms with Crippen LogP contribution in [0.3, 0.4) is 0 Å². The van der Waals surface area contributed by atoms with E-state index in [4.69, 9.17) is 16.3 Å². The highest BCUT2D eigenvalue weighted by Gasteiger charge is 2.20. The monoisotopic (exact) mass is 321 g/mol. The van der Waals surface area contributed by atoms with E-state index in [9.17, 15) is 4.79 Å². The van der Waals surface area contributed by atoms with Crippen LogP contribution in [0.15, 0.2) is 30.6 Å². The lowest BCUT2D eigenvalue weighted by atomic mass is 10.2. The quantitative estimate of drug-likeness (QED) is 0.850. The minimum Gasteiger partial charge on any atom is -0.481 e. The van der Waals surface area contributed by atoms with E-state index in [2.05, 4.69) is 5.10 Å². The van der Waals surface area contributed by atoms with E-state index in [1.807, 2.05) is 26.2 Å². The second kappa shape index (κ2) is 6.83. The molecule has 1 aromatic heterocycles. The summed E-state index contributed by atoms with van der Waals surface area (Å²) in [7, 11) is 3.60. The van der Waals surface area contributed by atoms with Crippen LogP contribution in [-0.2, 0) is 18.4 Å². The van der Waals surface area contributed by atoms with Crippen LogP contribution in [0.2, 0.25) is 5.02 Å². The molecule has 0 spiro atoms. The molecule has 0 aliphatic carbocycles. The van der Waals surface area contributed by atoms with Gasteiger partial charge >= 0.3 is 0 Å². The molecule has 2 aromatic rings. The average Bonchev–Trinajstić information content (AvgIpc) is 2.86. The molecule has 0 aliphatic heterocycles. The third-order valence-electron chi connectivity index (χ3n) is 3.34. The first-order chi connectivity index (χ1) is 10.4. The number of hydrogen-bond donors (Lipinski definition) is 0. The van der Waals surface area contributed by atoms with Gasteiger partial charge in [-0.15, -0.1) is 0 Å². The molecule has 0 saturated carbocycles. The number of hydrogen-bond acceptors (Lipinski definition) is 3. The lowest BCUT2D eigenvalue weighted by molar-refractivity contribution is -0.137. The van der Waals surface area contributed by atoms with E-state index in [0.717, 1.165) is 11.1 Å². The van der Waals surface area contributed by atoms with Crippen molar-refractivity contribution in [2.24, 2.45) is 7.05 Å². The van der Waals surface area contributed by atoms with Gasteiger partial charge in [-0.1, -0.05) is 11.6 Å².